The first-order chi connectivity index (χ1) is 10.1. The Morgan fingerprint density at radius 3 is 2.71 bits per heavy atom. The molecule has 1 aromatic heterocycles. The first kappa shape index (κ1) is 14.0. The van der Waals surface area contributed by atoms with Gasteiger partial charge in [0.15, 0.2) is 0 Å². The summed E-state index contributed by atoms with van der Waals surface area (Å²) in [5.74, 6) is -0.294. The molecular weight excluding hydrogens is 269 g/mol. The van der Waals surface area contributed by atoms with Gasteiger partial charge in [0.1, 0.15) is 5.82 Å². The molecule has 1 aromatic carbocycles. The minimum Gasteiger partial charge on any atom is -0.481 e. The number of hydrogen-bond acceptors (Lipinski definition) is 2. The van der Waals surface area contributed by atoms with Crippen molar-refractivity contribution in [1.82, 2.24) is 4.98 Å². The Kier molecular flexibility index (Phi) is 3.86. The van der Waals surface area contributed by atoms with Gasteiger partial charge in [-0.25, -0.2) is 4.39 Å². The van der Waals surface area contributed by atoms with Crippen LogP contribution in [0, 0.1) is 11.7 Å². The fourth-order valence-electron chi connectivity index (χ4n) is 3.42. The van der Waals surface area contributed by atoms with Crippen LogP contribution in [0.5, 0.6) is 0 Å². The highest BCUT2D eigenvalue weighted by molar-refractivity contribution is 5.82. The molecule has 4 heteroatoms. The first-order valence-corrected chi connectivity index (χ1v) is 7.39. The molecule has 1 aliphatic carbocycles. The largest absolute Gasteiger partial charge is 0.481 e. The van der Waals surface area contributed by atoms with Crippen molar-refractivity contribution < 1.29 is 14.3 Å². The number of nitrogens with zero attached hydrogens (tertiary/aromatic N) is 1. The third-order valence-corrected chi connectivity index (χ3v) is 4.49. The van der Waals surface area contributed by atoms with Crippen LogP contribution < -0.4 is 0 Å². The second-order valence-electron chi connectivity index (χ2n) is 5.88. The third-order valence-electron chi connectivity index (χ3n) is 4.49. The maximum absolute atomic E-state index is 13.5. The van der Waals surface area contributed by atoms with Crippen molar-refractivity contribution in [1.29, 1.82) is 0 Å². The average Bonchev–Trinajstić information content (AvgIpc) is 2.47. The van der Waals surface area contributed by atoms with Gasteiger partial charge < -0.3 is 5.11 Å². The zero-order valence-corrected chi connectivity index (χ0v) is 11.8. The Bertz CT molecular complexity index is 663. The highest BCUT2D eigenvalue weighted by Crippen LogP contribution is 2.39. The van der Waals surface area contributed by atoms with E-state index in [4.69, 9.17) is 5.11 Å². The van der Waals surface area contributed by atoms with Crippen LogP contribution in [0.3, 0.4) is 0 Å². The molecule has 0 radical (unpaired) electrons. The quantitative estimate of drug-likeness (QED) is 0.923. The number of aliphatic carboxylic acids is 1. The van der Waals surface area contributed by atoms with E-state index in [1.54, 1.807) is 18.3 Å². The molecule has 1 N–H and O–H groups in total. The minimum absolute atomic E-state index is 0.240. The molecule has 0 bridgehead atoms. The third kappa shape index (κ3) is 3.04. The molecular formula is C17H18FNO2. The van der Waals surface area contributed by atoms with E-state index in [2.05, 4.69) is 4.98 Å². The van der Waals surface area contributed by atoms with E-state index >= 15 is 0 Å². The summed E-state index contributed by atoms with van der Waals surface area (Å²) < 4.78 is 13.5. The van der Waals surface area contributed by atoms with Gasteiger partial charge in [0, 0.05) is 18.0 Å². The van der Waals surface area contributed by atoms with E-state index in [1.165, 1.54) is 6.07 Å². The summed E-state index contributed by atoms with van der Waals surface area (Å²) in [5.41, 5.74) is 1.97. The molecule has 1 aliphatic rings. The molecule has 0 aliphatic heterocycles. The van der Waals surface area contributed by atoms with Gasteiger partial charge in [-0.05, 0) is 67.3 Å². The Balaban J connectivity index is 1.82. The number of rotatable bonds is 3. The number of pyridine rings is 1. The topological polar surface area (TPSA) is 50.2 Å². The summed E-state index contributed by atoms with van der Waals surface area (Å²) in [6.07, 6.45) is 5.82. The maximum Gasteiger partial charge on any atom is 0.303 e. The van der Waals surface area contributed by atoms with Gasteiger partial charge in [0.2, 0.25) is 0 Å². The highest BCUT2D eigenvalue weighted by atomic mass is 19.1. The molecule has 3 nitrogen and oxygen atoms in total. The van der Waals surface area contributed by atoms with Crippen molar-refractivity contribution in [2.45, 2.75) is 38.0 Å². The van der Waals surface area contributed by atoms with E-state index in [1.807, 2.05) is 6.07 Å². The highest BCUT2D eigenvalue weighted by Gasteiger charge is 2.25. The van der Waals surface area contributed by atoms with Gasteiger partial charge in [0.05, 0.1) is 5.52 Å². The summed E-state index contributed by atoms with van der Waals surface area (Å²) in [6, 6.07) is 6.68. The molecule has 0 spiro atoms. The Hall–Kier alpha value is -1.97. The molecule has 0 unspecified atom stereocenters. The van der Waals surface area contributed by atoms with Crippen molar-refractivity contribution in [3.63, 3.8) is 0 Å². The normalized spacial score (nSPS) is 22.3. The zero-order chi connectivity index (χ0) is 14.8. The molecule has 1 saturated carbocycles. The van der Waals surface area contributed by atoms with Crippen molar-refractivity contribution in [3.8, 4) is 0 Å². The predicted molar refractivity (Wildman–Crippen MR) is 78.7 cm³/mol. The van der Waals surface area contributed by atoms with E-state index < -0.39 is 5.97 Å². The fourth-order valence-corrected chi connectivity index (χ4v) is 3.42. The van der Waals surface area contributed by atoms with Crippen molar-refractivity contribution in [2.24, 2.45) is 5.92 Å². The minimum atomic E-state index is -0.713. The van der Waals surface area contributed by atoms with Gasteiger partial charge in [-0.3, -0.25) is 9.78 Å². The van der Waals surface area contributed by atoms with E-state index in [0.717, 1.165) is 42.1 Å². The maximum atomic E-state index is 13.5. The summed E-state index contributed by atoms with van der Waals surface area (Å²) in [5, 5.41) is 9.76. The van der Waals surface area contributed by atoms with Gasteiger partial charge in [0.25, 0.3) is 0 Å². The second kappa shape index (κ2) is 5.80. The number of hydrogen-bond donors (Lipinski definition) is 1. The van der Waals surface area contributed by atoms with Crippen LogP contribution in [0.1, 0.15) is 43.6 Å². The molecule has 2 aromatic rings. The van der Waals surface area contributed by atoms with Crippen LogP contribution in [-0.4, -0.2) is 16.1 Å². The van der Waals surface area contributed by atoms with Crippen LogP contribution in [0.2, 0.25) is 0 Å². The number of carbonyl (C=O) groups is 1. The lowest BCUT2D eigenvalue weighted by Crippen LogP contribution is -2.16. The van der Waals surface area contributed by atoms with Gasteiger partial charge in [-0.15, -0.1) is 0 Å². The van der Waals surface area contributed by atoms with Gasteiger partial charge in [-0.2, -0.15) is 0 Å². The molecule has 3 rings (SSSR count). The first-order valence-electron chi connectivity index (χ1n) is 7.39. The number of fused-ring (bicyclic) bond motifs is 1. The summed E-state index contributed by atoms with van der Waals surface area (Å²) >= 11 is 0. The summed E-state index contributed by atoms with van der Waals surface area (Å²) in [6.45, 7) is 0. The SMILES string of the molecule is O=C(O)C[C@H]1CC[C@H](c2ccnc3ccc(F)cc32)CC1. The lowest BCUT2D eigenvalue weighted by atomic mass is 9.77. The number of halogens is 1. The predicted octanol–water partition coefficient (Wildman–Crippen LogP) is 4.12. The van der Waals surface area contributed by atoms with Crippen LogP contribution in [-0.2, 0) is 4.79 Å². The molecule has 1 fully saturated rings. The molecule has 110 valence electrons. The van der Waals surface area contributed by atoms with Crippen LogP contribution in [0.15, 0.2) is 30.5 Å². The van der Waals surface area contributed by atoms with Gasteiger partial charge >= 0.3 is 5.97 Å². The van der Waals surface area contributed by atoms with Crippen molar-refractivity contribution in [2.75, 3.05) is 0 Å². The monoisotopic (exact) mass is 287 g/mol. The van der Waals surface area contributed by atoms with Crippen LogP contribution in [0.4, 0.5) is 4.39 Å². The van der Waals surface area contributed by atoms with Crippen LogP contribution >= 0.6 is 0 Å². The lowest BCUT2D eigenvalue weighted by Gasteiger charge is -2.28. The lowest BCUT2D eigenvalue weighted by molar-refractivity contribution is -0.138. The Labute approximate surface area is 122 Å². The molecule has 1 heterocycles. The van der Waals surface area contributed by atoms with E-state index in [-0.39, 0.29) is 18.2 Å². The number of aromatic nitrogens is 1. The molecule has 21 heavy (non-hydrogen) atoms. The Morgan fingerprint density at radius 1 is 1.24 bits per heavy atom. The summed E-state index contributed by atoms with van der Waals surface area (Å²) in [7, 11) is 0. The number of carboxylic acids is 1. The number of benzene rings is 1. The van der Waals surface area contributed by atoms with Crippen molar-refractivity contribution in [3.05, 3.63) is 41.8 Å². The fraction of sp³-hybridized carbons (Fsp3) is 0.412. The zero-order valence-electron chi connectivity index (χ0n) is 11.8. The molecule has 0 atom stereocenters. The summed E-state index contributed by atoms with van der Waals surface area (Å²) in [4.78, 5) is 15.1. The van der Waals surface area contributed by atoms with Crippen LogP contribution in [0.25, 0.3) is 10.9 Å². The molecule has 0 saturated heterocycles. The van der Waals surface area contributed by atoms with E-state index in [9.17, 15) is 9.18 Å². The Morgan fingerprint density at radius 2 is 2.00 bits per heavy atom. The molecule has 0 amide bonds. The average molecular weight is 287 g/mol. The smallest absolute Gasteiger partial charge is 0.303 e. The van der Waals surface area contributed by atoms with Crippen molar-refractivity contribution >= 4 is 16.9 Å². The standard InChI is InChI=1S/C17H18FNO2/c18-13-5-6-16-15(10-13)14(7-8-19-16)12-3-1-11(2-4-12)9-17(20)21/h5-8,10-12H,1-4,9H2,(H,20,21)/t11-,12-. The number of carboxylic acid groups (broad SMARTS) is 1. The van der Waals surface area contributed by atoms with Gasteiger partial charge in [-0.1, -0.05) is 0 Å². The second-order valence-corrected chi connectivity index (χ2v) is 5.88. The van der Waals surface area contributed by atoms with E-state index in [0.29, 0.717) is 5.92 Å².